The highest BCUT2D eigenvalue weighted by atomic mass is 16.2. The van der Waals surface area contributed by atoms with Crippen molar-refractivity contribution in [2.45, 2.75) is 6.54 Å². The maximum absolute atomic E-state index is 12.9. The van der Waals surface area contributed by atoms with Gasteiger partial charge < -0.3 is 4.57 Å². The van der Waals surface area contributed by atoms with Crippen molar-refractivity contribution in [3.8, 4) is 12.3 Å². The van der Waals surface area contributed by atoms with Crippen LogP contribution in [0.25, 0.3) is 17.0 Å². The lowest BCUT2D eigenvalue weighted by Crippen LogP contribution is -2.54. The topological polar surface area (TPSA) is 84.3 Å². The Hall–Kier alpha value is -4.18. The number of fused-ring (bicyclic) bond motifs is 1. The Labute approximate surface area is 160 Å². The summed E-state index contributed by atoms with van der Waals surface area (Å²) in [5, 5.41) is 3.05. The van der Waals surface area contributed by atoms with Crippen molar-refractivity contribution in [1.29, 1.82) is 0 Å². The van der Waals surface area contributed by atoms with E-state index in [9.17, 15) is 14.4 Å². The first-order valence-electron chi connectivity index (χ1n) is 8.43. The van der Waals surface area contributed by atoms with E-state index >= 15 is 0 Å². The number of rotatable bonds is 3. The van der Waals surface area contributed by atoms with Crippen LogP contribution in [0.1, 0.15) is 5.56 Å². The minimum atomic E-state index is -0.798. The van der Waals surface area contributed by atoms with Crippen molar-refractivity contribution in [1.82, 2.24) is 14.9 Å². The molecule has 3 aromatic rings. The van der Waals surface area contributed by atoms with Gasteiger partial charge in [0.25, 0.3) is 11.8 Å². The summed E-state index contributed by atoms with van der Waals surface area (Å²) in [6.07, 6.45) is 11.6. The predicted molar refractivity (Wildman–Crippen MR) is 104 cm³/mol. The Balaban J connectivity index is 1.82. The number of hydrogen-bond donors (Lipinski definition) is 1. The number of amides is 4. The fourth-order valence-corrected chi connectivity index (χ4v) is 3.16. The molecule has 1 saturated heterocycles. The Morgan fingerprint density at radius 2 is 1.86 bits per heavy atom. The molecule has 4 rings (SSSR count). The van der Waals surface area contributed by atoms with Gasteiger partial charge >= 0.3 is 6.03 Å². The van der Waals surface area contributed by atoms with Crippen molar-refractivity contribution >= 4 is 40.5 Å². The minimum absolute atomic E-state index is 0.139. The number of benzene rings is 1. The fourth-order valence-electron chi connectivity index (χ4n) is 3.16. The van der Waals surface area contributed by atoms with E-state index in [0.717, 1.165) is 15.8 Å². The number of nitrogens with zero attached hydrogens (tertiary/aromatic N) is 3. The SMILES string of the molecule is C#CCn1cc(/C=C2\C(=O)NC(=O)N(c3ccncc3)C2=O)c2ccccc21. The molecule has 136 valence electrons. The number of nitrogens with one attached hydrogen (secondary N) is 1. The number of terminal acetylenes is 1. The smallest absolute Gasteiger partial charge is 0.335 e. The van der Waals surface area contributed by atoms with Crippen molar-refractivity contribution < 1.29 is 14.4 Å². The second kappa shape index (κ2) is 6.85. The third-order valence-corrected chi connectivity index (χ3v) is 4.40. The average molecular weight is 370 g/mol. The Morgan fingerprint density at radius 3 is 2.61 bits per heavy atom. The van der Waals surface area contributed by atoms with Gasteiger partial charge in [0.05, 0.1) is 12.2 Å². The number of aromatic nitrogens is 2. The summed E-state index contributed by atoms with van der Waals surface area (Å²) in [5.74, 6) is 1.14. The standard InChI is InChI=1S/C21H14N4O3/c1-2-11-24-13-14(16-5-3-4-6-18(16)24)12-17-19(26)23-21(28)25(20(17)27)15-7-9-22-10-8-15/h1,3-10,12-13H,11H2,(H,23,26,28)/b17-12+. The molecule has 0 unspecified atom stereocenters. The maximum Gasteiger partial charge on any atom is 0.335 e. The van der Waals surface area contributed by atoms with Crippen molar-refractivity contribution in [3.05, 3.63) is 66.1 Å². The van der Waals surface area contributed by atoms with Crippen LogP contribution < -0.4 is 10.2 Å². The average Bonchev–Trinajstić information content (AvgIpc) is 3.04. The first kappa shape index (κ1) is 17.2. The lowest BCUT2D eigenvalue weighted by Gasteiger charge is -2.26. The van der Waals surface area contributed by atoms with Gasteiger partial charge in [0.15, 0.2) is 0 Å². The lowest BCUT2D eigenvalue weighted by molar-refractivity contribution is -0.122. The van der Waals surface area contributed by atoms with E-state index in [4.69, 9.17) is 6.42 Å². The number of barbiturate groups is 1. The molecule has 7 nitrogen and oxygen atoms in total. The summed E-state index contributed by atoms with van der Waals surface area (Å²) in [5.41, 5.74) is 1.73. The second-order valence-corrected chi connectivity index (χ2v) is 6.10. The van der Waals surface area contributed by atoms with Crippen LogP contribution in [0.3, 0.4) is 0 Å². The van der Waals surface area contributed by atoms with Gasteiger partial charge in [-0.3, -0.25) is 19.9 Å². The number of urea groups is 1. The monoisotopic (exact) mass is 370 g/mol. The molecule has 28 heavy (non-hydrogen) atoms. The predicted octanol–water partition coefficient (Wildman–Crippen LogP) is 2.34. The zero-order valence-corrected chi connectivity index (χ0v) is 14.6. The molecule has 1 aliphatic heterocycles. The summed E-state index contributed by atoms with van der Waals surface area (Å²) in [6, 6.07) is 9.77. The fraction of sp³-hybridized carbons (Fsp3) is 0.0476. The molecule has 0 radical (unpaired) electrons. The van der Waals surface area contributed by atoms with Crippen molar-refractivity contribution in [2.24, 2.45) is 0 Å². The number of anilines is 1. The highest BCUT2D eigenvalue weighted by molar-refractivity contribution is 6.39. The van der Waals surface area contributed by atoms with E-state index in [-0.39, 0.29) is 5.57 Å². The molecule has 2 aromatic heterocycles. The van der Waals surface area contributed by atoms with Crippen molar-refractivity contribution in [2.75, 3.05) is 4.90 Å². The normalized spacial score (nSPS) is 15.8. The first-order chi connectivity index (χ1) is 13.6. The van der Waals surface area contributed by atoms with E-state index < -0.39 is 17.8 Å². The van der Waals surface area contributed by atoms with Gasteiger partial charge in [-0.05, 0) is 24.3 Å². The zero-order valence-electron chi connectivity index (χ0n) is 14.6. The molecular weight excluding hydrogens is 356 g/mol. The van der Waals surface area contributed by atoms with E-state index in [1.165, 1.54) is 30.6 Å². The van der Waals surface area contributed by atoms with Gasteiger partial charge in [0, 0.05) is 35.1 Å². The summed E-state index contributed by atoms with van der Waals surface area (Å²) in [4.78, 5) is 42.3. The van der Waals surface area contributed by atoms with E-state index in [1.54, 1.807) is 6.20 Å². The zero-order chi connectivity index (χ0) is 19.7. The van der Waals surface area contributed by atoms with Crippen LogP contribution in [-0.4, -0.2) is 27.4 Å². The molecular formula is C21H14N4O3. The van der Waals surface area contributed by atoms with Gasteiger partial charge in [-0.2, -0.15) is 0 Å². The van der Waals surface area contributed by atoms with E-state index in [1.807, 2.05) is 28.8 Å². The third-order valence-electron chi connectivity index (χ3n) is 4.40. The molecule has 0 atom stereocenters. The first-order valence-corrected chi connectivity index (χ1v) is 8.43. The van der Waals surface area contributed by atoms with E-state index in [2.05, 4.69) is 16.2 Å². The van der Waals surface area contributed by atoms with Gasteiger partial charge in [-0.25, -0.2) is 9.69 Å². The van der Waals surface area contributed by atoms with Crippen LogP contribution in [0.5, 0.6) is 0 Å². The number of para-hydroxylation sites is 1. The highest BCUT2D eigenvalue weighted by Gasteiger charge is 2.36. The Morgan fingerprint density at radius 1 is 1.11 bits per heavy atom. The van der Waals surface area contributed by atoms with Gasteiger partial charge in [-0.1, -0.05) is 24.1 Å². The number of hydrogen-bond acceptors (Lipinski definition) is 4. The molecule has 1 aromatic carbocycles. The molecule has 0 aliphatic carbocycles. The number of carbonyl (C=O) groups excluding carboxylic acids is 3. The van der Waals surface area contributed by atoms with Crippen LogP contribution in [0, 0.1) is 12.3 Å². The molecule has 0 bridgehead atoms. The quantitative estimate of drug-likeness (QED) is 0.436. The highest BCUT2D eigenvalue weighted by Crippen LogP contribution is 2.26. The number of carbonyl (C=O) groups is 3. The Bertz CT molecular complexity index is 1190. The summed E-state index contributed by atoms with van der Waals surface area (Å²) >= 11 is 0. The molecule has 1 N–H and O–H groups in total. The second-order valence-electron chi connectivity index (χ2n) is 6.10. The van der Waals surface area contributed by atoms with E-state index in [0.29, 0.717) is 17.8 Å². The largest absolute Gasteiger partial charge is 0.335 e. The van der Waals surface area contributed by atoms with Crippen LogP contribution in [0.4, 0.5) is 10.5 Å². The van der Waals surface area contributed by atoms with Crippen LogP contribution >= 0.6 is 0 Å². The van der Waals surface area contributed by atoms with Gasteiger partial charge in [-0.15, -0.1) is 6.42 Å². The number of imide groups is 2. The molecule has 0 spiro atoms. The summed E-state index contributed by atoms with van der Waals surface area (Å²) in [6.45, 7) is 0.353. The third kappa shape index (κ3) is 2.83. The molecule has 4 amide bonds. The van der Waals surface area contributed by atoms with Gasteiger partial charge in [0.1, 0.15) is 5.57 Å². The van der Waals surface area contributed by atoms with Gasteiger partial charge in [0.2, 0.25) is 0 Å². The minimum Gasteiger partial charge on any atom is -0.335 e. The molecule has 0 saturated carbocycles. The summed E-state index contributed by atoms with van der Waals surface area (Å²) < 4.78 is 1.86. The molecule has 3 heterocycles. The molecule has 1 aliphatic rings. The van der Waals surface area contributed by atoms with Crippen LogP contribution in [0.2, 0.25) is 0 Å². The van der Waals surface area contributed by atoms with Crippen LogP contribution in [-0.2, 0) is 16.1 Å². The lowest BCUT2D eigenvalue weighted by atomic mass is 10.1. The maximum atomic E-state index is 12.9. The number of pyridine rings is 1. The Kier molecular flexibility index (Phi) is 4.22. The summed E-state index contributed by atoms with van der Waals surface area (Å²) in [7, 11) is 0. The van der Waals surface area contributed by atoms with Crippen LogP contribution in [0.15, 0.2) is 60.6 Å². The van der Waals surface area contributed by atoms with Crippen molar-refractivity contribution in [3.63, 3.8) is 0 Å². The molecule has 7 heteroatoms. The molecule has 1 fully saturated rings.